The van der Waals surface area contributed by atoms with E-state index in [0.29, 0.717) is 18.1 Å². The summed E-state index contributed by atoms with van der Waals surface area (Å²) in [5, 5.41) is 3.02. The van der Waals surface area contributed by atoms with Gasteiger partial charge in [0.1, 0.15) is 23.9 Å². The van der Waals surface area contributed by atoms with Gasteiger partial charge in [-0.15, -0.1) is 0 Å². The molecule has 0 aliphatic heterocycles. The fraction of sp³-hybridized carbons (Fsp3) is 0.333. The Bertz CT molecular complexity index is 588. The van der Waals surface area contributed by atoms with Crippen LogP contribution < -0.4 is 10.1 Å². The molecule has 0 unspecified atom stereocenters. The lowest BCUT2D eigenvalue weighted by Crippen LogP contribution is -2.05. The highest BCUT2D eigenvalue weighted by molar-refractivity contribution is 5.29. The van der Waals surface area contributed by atoms with Gasteiger partial charge in [0, 0.05) is 12.1 Å². The minimum absolute atomic E-state index is 0.177. The molecule has 21 heavy (non-hydrogen) atoms. The van der Waals surface area contributed by atoms with Crippen LogP contribution in [0.25, 0.3) is 0 Å². The van der Waals surface area contributed by atoms with Crippen LogP contribution in [-0.2, 0) is 19.3 Å². The van der Waals surface area contributed by atoms with Crippen molar-refractivity contribution in [2.75, 3.05) is 7.05 Å². The average molecular weight is 299 g/mol. The number of alkyl halides is 3. The molecule has 2 rings (SSSR count). The lowest BCUT2D eigenvalue weighted by Gasteiger charge is -2.08. The van der Waals surface area contributed by atoms with E-state index >= 15 is 0 Å². The fourth-order valence-electron chi connectivity index (χ4n) is 1.92. The van der Waals surface area contributed by atoms with Crippen molar-refractivity contribution in [3.63, 3.8) is 0 Å². The average Bonchev–Trinajstić information content (AvgIpc) is 2.77. The second kappa shape index (κ2) is 6.22. The quantitative estimate of drug-likeness (QED) is 0.909. The molecule has 0 saturated heterocycles. The van der Waals surface area contributed by atoms with E-state index in [1.807, 2.05) is 20.0 Å². The molecule has 0 radical (unpaired) electrons. The van der Waals surface area contributed by atoms with E-state index < -0.39 is 11.7 Å². The summed E-state index contributed by atoms with van der Waals surface area (Å²) in [6.07, 6.45) is -4.33. The van der Waals surface area contributed by atoms with E-state index in [9.17, 15) is 13.2 Å². The van der Waals surface area contributed by atoms with Crippen molar-refractivity contribution < 1.29 is 22.3 Å². The van der Waals surface area contributed by atoms with Crippen LogP contribution in [0.4, 0.5) is 13.2 Å². The predicted octanol–water partition coefficient (Wildman–Crippen LogP) is 3.91. The van der Waals surface area contributed by atoms with Crippen LogP contribution in [0.1, 0.15) is 22.6 Å². The van der Waals surface area contributed by atoms with Crippen LogP contribution >= 0.6 is 0 Å². The first-order valence-corrected chi connectivity index (χ1v) is 6.43. The van der Waals surface area contributed by atoms with E-state index in [-0.39, 0.29) is 6.61 Å². The molecule has 0 atom stereocenters. The number of nitrogens with one attached hydrogen (secondary N) is 1. The Morgan fingerprint density at radius 1 is 1.19 bits per heavy atom. The highest BCUT2D eigenvalue weighted by Gasteiger charge is 2.30. The predicted molar refractivity (Wildman–Crippen MR) is 72.0 cm³/mol. The summed E-state index contributed by atoms with van der Waals surface area (Å²) >= 11 is 0. The van der Waals surface area contributed by atoms with E-state index in [1.165, 1.54) is 12.1 Å². The number of ether oxygens (including phenoxy) is 1. The number of rotatable bonds is 5. The number of halogens is 3. The lowest BCUT2D eigenvalue weighted by atomic mass is 10.2. The zero-order valence-electron chi connectivity index (χ0n) is 11.8. The van der Waals surface area contributed by atoms with Gasteiger partial charge in [0.05, 0.1) is 5.56 Å². The monoisotopic (exact) mass is 299 g/mol. The Morgan fingerprint density at radius 3 is 2.43 bits per heavy atom. The van der Waals surface area contributed by atoms with Crippen molar-refractivity contribution in [2.45, 2.75) is 26.3 Å². The molecule has 0 amide bonds. The number of benzene rings is 1. The summed E-state index contributed by atoms with van der Waals surface area (Å²) in [6.45, 7) is 2.72. The highest BCUT2D eigenvalue weighted by atomic mass is 19.4. The number of hydrogen-bond acceptors (Lipinski definition) is 3. The molecule has 2 aromatic rings. The first-order chi connectivity index (χ1) is 9.90. The molecule has 114 valence electrons. The van der Waals surface area contributed by atoms with Gasteiger partial charge in [-0.05, 0) is 44.3 Å². The second-order valence-corrected chi connectivity index (χ2v) is 4.64. The van der Waals surface area contributed by atoms with Gasteiger partial charge in [0.15, 0.2) is 0 Å². The van der Waals surface area contributed by atoms with Crippen molar-refractivity contribution in [1.29, 1.82) is 0 Å². The molecular weight excluding hydrogens is 283 g/mol. The van der Waals surface area contributed by atoms with E-state index in [1.54, 1.807) is 0 Å². The van der Waals surface area contributed by atoms with Crippen molar-refractivity contribution >= 4 is 0 Å². The summed E-state index contributed by atoms with van der Waals surface area (Å²) in [7, 11) is 1.84. The van der Waals surface area contributed by atoms with E-state index in [0.717, 1.165) is 23.5 Å². The van der Waals surface area contributed by atoms with Gasteiger partial charge in [0.25, 0.3) is 0 Å². The standard InChI is InChI=1S/C15H16F3NO2/c1-10-11(8-19-2)7-14(21-10)9-20-13-5-3-12(4-6-13)15(16,17)18/h3-7,19H,8-9H2,1-2H3. The molecule has 0 aliphatic rings. The third-order valence-electron chi connectivity index (χ3n) is 3.00. The summed E-state index contributed by atoms with van der Waals surface area (Å²) in [5.41, 5.74) is 0.337. The van der Waals surface area contributed by atoms with Gasteiger partial charge in [0.2, 0.25) is 0 Å². The SMILES string of the molecule is CNCc1cc(COc2ccc(C(F)(F)F)cc2)oc1C. The largest absolute Gasteiger partial charge is 0.486 e. The zero-order chi connectivity index (χ0) is 15.5. The van der Waals surface area contributed by atoms with E-state index in [2.05, 4.69) is 5.32 Å². The van der Waals surface area contributed by atoms with Crippen molar-refractivity contribution in [3.05, 3.63) is 53.0 Å². The fourth-order valence-corrected chi connectivity index (χ4v) is 1.92. The second-order valence-electron chi connectivity index (χ2n) is 4.64. The number of hydrogen-bond donors (Lipinski definition) is 1. The number of furan rings is 1. The summed E-state index contributed by atoms with van der Waals surface area (Å²) < 4.78 is 48.2. The van der Waals surface area contributed by atoms with Crippen LogP contribution in [0.5, 0.6) is 5.75 Å². The zero-order valence-corrected chi connectivity index (χ0v) is 11.8. The lowest BCUT2D eigenvalue weighted by molar-refractivity contribution is -0.137. The Hall–Kier alpha value is -1.95. The topological polar surface area (TPSA) is 34.4 Å². The maximum atomic E-state index is 12.4. The van der Waals surface area contributed by atoms with Crippen molar-refractivity contribution in [2.24, 2.45) is 0 Å². The van der Waals surface area contributed by atoms with Gasteiger partial charge < -0.3 is 14.5 Å². The van der Waals surface area contributed by atoms with Gasteiger partial charge in [-0.1, -0.05) is 0 Å². The minimum Gasteiger partial charge on any atom is -0.486 e. The molecule has 1 N–H and O–H groups in total. The molecule has 0 spiro atoms. The summed E-state index contributed by atoms with van der Waals surface area (Å²) in [4.78, 5) is 0. The molecule has 0 aliphatic carbocycles. The van der Waals surface area contributed by atoms with Crippen LogP contribution in [0.3, 0.4) is 0 Å². The molecule has 0 fully saturated rings. The molecule has 0 bridgehead atoms. The van der Waals surface area contributed by atoms with E-state index in [4.69, 9.17) is 9.15 Å². The molecule has 1 heterocycles. The molecule has 1 aromatic carbocycles. The Kier molecular flexibility index (Phi) is 4.57. The highest BCUT2D eigenvalue weighted by Crippen LogP contribution is 2.30. The molecule has 1 aromatic heterocycles. The van der Waals surface area contributed by atoms with Gasteiger partial charge in [-0.25, -0.2) is 0 Å². The van der Waals surface area contributed by atoms with Crippen LogP contribution in [-0.4, -0.2) is 7.05 Å². The smallest absolute Gasteiger partial charge is 0.416 e. The minimum atomic E-state index is -4.33. The molecular formula is C15H16F3NO2. The Labute approximate surface area is 120 Å². The molecule has 6 heteroatoms. The van der Waals surface area contributed by atoms with Gasteiger partial charge in [-0.3, -0.25) is 0 Å². The van der Waals surface area contributed by atoms with Crippen LogP contribution in [0.2, 0.25) is 0 Å². The summed E-state index contributed by atoms with van der Waals surface area (Å²) in [5.74, 6) is 1.81. The van der Waals surface area contributed by atoms with Gasteiger partial charge >= 0.3 is 6.18 Å². The first kappa shape index (κ1) is 15.4. The van der Waals surface area contributed by atoms with Crippen LogP contribution in [0.15, 0.2) is 34.7 Å². The first-order valence-electron chi connectivity index (χ1n) is 6.43. The molecule has 0 saturated carbocycles. The number of aryl methyl sites for hydroxylation is 1. The Balaban J connectivity index is 1.98. The van der Waals surface area contributed by atoms with Crippen LogP contribution in [0, 0.1) is 6.92 Å². The maximum absolute atomic E-state index is 12.4. The Morgan fingerprint density at radius 2 is 1.86 bits per heavy atom. The van der Waals surface area contributed by atoms with Gasteiger partial charge in [-0.2, -0.15) is 13.2 Å². The third kappa shape index (κ3) is 4.01. The van der Waals surface area contributed by atoms with Crippen molar-refractivity contribution in [3.8, 4) is 5.75 Å². The summed E-state index contributed by atoms with van der Waals surface area (Å²) in [6, 6.07) is 6.46. The van der Waals surface area contributed by atoms with Crippen molar-refractivity contribution in [1.82, 2.24) is 5.32 Å². The molecule has 3 nitrogen and oxygen atoms in total. The maximum Gasteiger partial charge on any atom is 0.416 e. The normalized spacial score (nSPS) is 11.7. The third-order valence-corrected chi connectivity index (χ3v) is 3.00.